The number of nitrogens with zero attached hydrogens (tertiary/aromatic N) is 2. The van der Waals surface area contributed by atoms with Crippen LogP contribution in [0.3, 0.4) is 0 Å². The number of nitrogens with one attached hydrogen (secondary N) is 1. The lowest BCUT2D eigenvalue weighted by molar-refractivity contribution is -0.385. The van der Waals surface area contributed by atoms with Gasteiger partial charge in [0.1, 0.15) is 0 Å². The second kappa shape index (κ2) is 5.58. The molecule has 2 rings (SSSR count). The van der Waals surface area contributed by atoms with Crippen molar-refractivity contribution in [1.82, 2.24) is 10.2 Å². The quantitative estimate of drug-likeness (QED) is 0.671. The molecule has 1 unspecified atom stereocenters. The summed E-state index contributed by atoms with van der Waals surface area (Å²) in [4.78, 5) is 24.6. The molecular formula is C14H19N3O3. The third kappa shape index (κ3) is 2.80. The van der Waals surface area contributed by atoms with Crippen molar-refractivity contribution in [2.45, 2.75) is 31.8 Å². The van der Waals surface area contributed by atoms with Crippen molar-refractivity contribution in [3.05, 3.63) is 39.9 Å². The maximum absolute atomic E-state index is 12.4. The molecule has 20 heavy (non-hydrogen) atoms. The number of hydrogen-bond acceptors (Lipinski definition) is 4. The Hall–Kier alpha value is -1.95. The molecule has 0 radical (unpaired) electrons. The lowest BCUT2D eigenvalue weighted by Gasteiger charge is -2.29. The largest absolute Gasteiger partial charge is 0.340 e. The summed E-state index contributed by atoms with van der Waals surface area (Å²) >= 11 is 0. The molecule has 6 heteroatoms. The summed E-state index contributed by atoms with van der Waals surface area (Å²) in [6.07, 6.45) is 1.77. The number of para-hydroxylation sites is 1. The fourth-order valence-corrected chi connectivity index (χ4v) is 2.65. The van der Waals surface area contributed by atoms with E-state index >= 15 is 0 Å². The van der Waals surface area contributed by atoms with Crippen molar-refractivity contribution in [2.75, 3.05) is 13.6 Å². The topological polar surface area (TPSA) is 75.5 Å². The number of nitro groups is 1. The highest BCUT2D eigenvalue weighted by atomic mass is 16.6. The van der Waals surface area contributed by atoms with Gasteiger partial charge in [-0.3, -0.25) is 14.9 Å². The fourth-order valence-electron chi connectivity index (χ4n) is 2.65. The van der Waals surface area contributed by atoms with E-state index in [1.165, 1.54) is 6.07 Å². The number of carbonyl (C=O) groups excluding carboxylic acids is 1. The number of likely N-dealkylation sites (N-methyl/N-ethyl adjacent to an activating group) is 1. The van der Waals surface area contributed by atoms with Gasteiger partial charge in [0.25, 0.3) is 5.69 Å². The van der Waals surface area contributed by atoms with Crippen LogP contribution in [0.1, 0.15) is 25.3 Å². The minimum atomic E-state index is -0.543. The molecule has 0 saturated carbocycles. The number of amides is 1. The van der Waals surface area contributed by atoms with Gasteiger partial charge in [-0.05, 0) is 26.3 Å². The Labute approximate surface area is 117 Å². The van der Waals surface area contributed by atoms with Crippen molar-refractivity contribution < 1.29 is 9.72 Å². The summed E-state index contributed by atoms with van der Waals surface area (Å²) in [6.45, 7) is 2.97. The summed E-state index contributed by atoms with van der Waals surface area (Å²) in [5, 5.41) is 14.2. The molecule has 1 fully saturated rings. The van der Waals surface area contributed by atoms with E-state index in [0.29, 0.717) is 5.56 Å². The molecule has 0 aromatic heterocycles. The summed E-state index contributed by atoms with van der Waals surface area (Å²) < 4.78 is 0. The van der Waals surface area contributed by atoms with Crippen LogP contribution in [0.5, 0.6) is 0 Å². The van der Waals surface area contributed by atoms with Crippen LogP contribution in [-0.4, -0.2) is 34.9 Å². The molecule has 108 valence electrons. The van der Waals surface area contributed by atoms with Gasteiger partial charge in [0.05, 0.1) is 17.0 Å². The molecule has 6 nitrogen and oxygen atoms in total. The Balaban J connectivity index is 2.14. The van der Waals surface area contributed by atoms with E-state index in [1.807, 2.05) is 6.92 Å². The molecule has 0 spiro atoms. The van der Waals surface area contributed by atoms with Crippen LogP contribution in [0.15, 0.2) is 24.3 Å². The van der Waals surface area contributed by atoms with Crippen molar-refractivity contribution in [1.29, 1.82) is 0 Å². The van der Waals surface area contributed by atoms with Crippen LogP contribution in [0.4, 0.5) is 5.69 Å². The first-order chi connectivity index (χ1) is 9.44. The van der Waals surface area contributed by atoms with Gasteiger partial charge >= 0.3 is 0 Å². The van der Waals surface area contributed by atoms with Gasteiger partial charge in [-0.2, -0.15) is 0 Å². The highest BCUT2D eigenvalue weighted by Gasteiger charge is 2.38. The van der Waals surface area contributed by atoms with Crippen LogP contribution in [0, 0.1) is 10.1 Å². The van der Waals surface area contributed by atoms with Gasteiger partial charge in [-0.1, -0.05) is 18.2 Å². The van der Waals surface area contributed by atoms with Gasteiger partial charge in [0.15, 0.2) is 0 Å². The summed E-state index contributed by atoms with van der Waals surface area (Å²) in [5.41, 5.74) is 0.0600. The lowest BCUT2D eigenvalue weighted by Crippen LogP contribution is -2.51. The number of hydrogen-bond donors (Lipinski definition) is 1. The third-order valence-corrected chi connectivity index (χ3v) is 3.78. The molecule has 1 atom stereocenters. The maximum atomic E-state index is 12.4. The monoisotopic (exact) mass is 277 g/mol. The maximum Gasteiger partial charge on any atom is 0.274 e. The van der Waals surface area contributed by atoms with E-state index in [-0.39, 0.29) is 18.1 Å². The Morgan fingerprint density at radius 2 is 2.20 bits per heavy atom. The fraction of sp³-hybridized carbons (Fsp3) is 0.500. The molecular weight excluding hydrogens is 258 g/mol. The van der Waals surface area contributed by atoms with E-state index in [9.17, 15) is 14.9 Å². The minimum Gasteiger partial charge on any atom is -0.340 e. The number of rotatable bonds is 4. The van der Waals surface area contributed by atoms with Crippen LogP contribution in [0.2, 0.25) is 0 Å². The minimum absolute atomic E-state index is 0.0202. The second-order valence-corrected chi connectivity index (χ2v) is 5.41. The zero-order valence-electron chi connectivity index (χ0n) is 11.8. The summed E-state index contributed by atoms with van der Waals surface area (Å²) in [7, 11) is 1.68. The Morgan fingerprint density at radius 1 is 1.50 bits per heavy atom. The lowest BCUT2D eigenvalue weighted by atomic mass is 9.98. The molecule has 1 saturated heterocycles. The predicted molar refractivity (Wildman–Crippen MR) is 75.2 cm³/mol. The van der Waals surface area contributed by atoms with E-state index < -0.39 is 10.5 Å². The van der Waals surface area contributed by atoms with Crippen molar-refractivity contribution in [3.8, 4) is 0 Å². The van der Waals surface area contributed by atoms with Gasteiger partial charge in [-0.15, -0.1) is 0 Å². The molecule has 0 bridgehead atoms. The Bertz CT molecular complexity index is 524. The first-order valence-corrected chi connectivity index (χ1v) is 6.67. The normalized spacial score (nSPS) is 21.7. The second-order valence-electron chi connectivity index (χ2n) is 5.41. The highest BCUT2D eigenvalue weighted by molar-refractivity contribution is 5.86. The molecule has 1 amide bonds. The molecule has 1 aromatic rings. The van der Waals surface area contributed by atoms with Crippen LogP contribution >= 0.6 is 0 Å². The van der Waals surface area contributed by atoms with E-state index in [1.54, 1.807) is 30.1 Å². The molecule has 1 aliphatic rings. The van der Waals surface area contributed by atoms with E-state index in [0.717, 1.165) is 19.4 Å². The molecule has 0 aliphatic carbocycles. The Kier molecular flexibility index (Phi) is 4.04. The van der Waals surface area contributed by atoms with Gasteiger partial charge < -0.3 is 10.2 Å². The van der Waals surface area contributed by atoms with Gasteiger partial charge in [0, 0.05) is 18.7 Å². The van der Waals surface area contributed by atoms with E-state index in [4.69, 9.17) is 0 Å². The number of benzene rings is 1. The zero-order chi connectivity index (χ0) is 14.8. The van der Waals surface area contributed by atoms with Crippen molar-refractivity contribution in [3.63, 3.8) is 0 Å². The molecule has 1 N–H and O–H groups in total. The molecule has 1 aliphatic heterocycles. The van der Waals surface area contributed by atoms with E-state index in [2.05, 4.69) is 5.32 Å². The predicted octanol–water partition coefficient (Wildman–Crippen LogP) is 1.70. The van der Waals surface area contributed by atoms with Crippen LogP contribution < -0.4 is 5.32 Å². The standard InChI is InChI=1S/C14H19N3O3/c1-14(8-5-9-15-14)13(18)16(2)10-11-6-3-4-7-12(11)17(19)20/h3-4,6-7,15H,5,8-10H2,1-2H3. The summed E-state index contributed by atoms with van der Waals surface area (Å²) in [6, 6.07) is 6.52. The number of nitro benzene ring substituents is 1. The first kappa shape index (κ1) is 14.5. The molecule has 1 aromatic carbocycles. The third-order valence-electron chi connectivity index (χ3n) is 3.78. The van der Waals surface area contributed by atoms with Gasteiger partial charge in [0.2, 0.25) is 5.91 Å². The first-order valence-electron chi connectivity index (χ1n) is 6.67. The zero-order valence-corrected chi connectivity index (χ0v) is 11.8. The SMILES string of the molecule is CN(Cc1ccccc1[N+](=O)[O-])C(=O)C1(C)CCCN1. The van der Waals surface area contributed by atoms with Crippen LogP contribution in [-0.2, 0) is 11.3 Å². The average Bonchev–Trinajstić information content (AvgIpc) is 2.86. The number of carbonyl (C=O) groups is 1. The van der Waals surface area contributed by atoms with Crippen LogP contribution in [0.25, 0.3) is 0 Å². The summed E-state index contributed by atoms with van der Waals surface area (Å²) in [5.74, 6) is -0.0202. The molecule has 1 heterocycles. The smallest absolute Gasteiger partial charge is 0.274 e. The highest BCUT2D eigenvalue weighted by Crippen LogP contribution is 2.24. The van der Waals surface area contributed by atoms with Crippen molar-refractivity contribution in [2.24, 2.45) is 0 Å². The van der Waals surface area contributed by atoms with Crippen molar-refractivity contribution >= 4 is 11.6 Å². The average molecular weight is 277 g/mol. The van der Waals surface area contributed by atoms with Gasteiger partial charge in [-0.25, -0.2) is 0 Å². The Morgan fingerprint density at radius 3 is 2.80 bits per heavy atom.